The number of anilines is 2. The number of hydrogen-bond donors (Lipinski definition) is 2. The van der Waals surface area contributed by atoms with Crippen molar-refractivity contribution in [2.24, 2.45) is 5.84 Å². The highest BCUT2D eigenvalue weighted by atomic mass is 79.9. The predicted octanol–water partition coefficient (Wildman–Crippen LogP) is 1.75. The van der Waals surface area contributed by atoms with Crippen LogP contribution in [-0.2, 0) is 6.54 Å². The summed E-state index contributed by atoms with van der Waals surface area (Å²) in [4.78, 5) is 10.2. The molecule has 0 aliphatic heterocycles. The van der Waals surface area contributed by atoms with Crippen LogP contribution in [0.15, 0.2) is 33.5 Å². The van der Waals surface area contributed by atoms with Gasteiger partial charge in [0.2, 0.25) is 5.95 Å². The lowest BCUT2D eigenvalue weighted by Crippen LogP contribution is -2.20. The lowest BCUT2D eigenvalue weighted by atomic mass is 10.4. The summed E-state index contributed by atoms with van der Waals surface area (Å²) in [6.07, 6.45) is 3.29. The SMILES string of the molecule is CN(Cc1ccco1)c1nc(NN)ncc1Br. The lowest BCUT2D eigenvalue weighted by molar-refractivity contribution is 0.507. The minimum Gasteiger partial charge on any atom is -0.467 e. The fourth-order valence-corrected chi connectivity index (χ4v) is 1.90. The Morgan fingerprint density at radius 2 is 2.41 bits per heavy atom. The summed E-state index contributed by atoms with van der Waals surface area (Å²) < 4.78 is 6.08. The molecule has 2 heterocycles. The molecule has 0 fully saturated rings. The van der Waals surface area contributed by atoms with Gasteiger partial charge in [0.15, 0.2) is 0 Å². The third kappa shape index (κ3) is 2.75. The normalized spacial score (nSPS) is 10.3. The van der Waals surface area contributed by atoms with Gasteiger partial charge in [-0.1, -0.05) is 0 Å². The van der Waals surface area contributed by atoms with Crippen LogP contribution < -0.4 is 16.2 Å². The molecule has 0 saturated heterocycles. The van der Waals surface area contributed by atoms with E-state index in [2.05, 4.69) is 31.3 Å². The number of furan rings is 1. The van der Waals surface area contributed by atoms with Crippen molar-refractivity contribution < 1.29 is 4.42 Å². The summed E-state index contributed by atoms with van der Waals surface area (Å²) in [5, 5.41) is 0. The zero-order valence-corrected chi connectivity index (χ0v) is 10.8. The molecule has 0 aromatic carbocycles. The van der Waals surface area contributed by atoms with Crippen LogP contribution in [0.25, 0.3) is 0 Å². The molecule has 90 valence electrons. The molecule has 0 amide bonds. The lowest BCUT2D eigenvalue weighted by Gasteiger charge is -2.18. The first-order valence-corrected chi connectivity index (χ1v) is 5.72. The Hall–Kier alpha value is -1.60. The molecular weight excluding hydrogens is 286 g/mol. The van der Waals surface area contributed by atoms with Crippen LogP contribution in [0.3, 0.4) is 0 Å². The molecule has 0 spiro atoms. The zero-order valence-electron chi connectivity index (χ0n) is 9.22. The van der Waals surface area contributed by atoms with Gasteiger partial charge in [0.25, 0.3) is 0 Å². The second-order valence-electron chi connectivity index (χ2n) is 3.44. The third-order valence-corrected chi connectivity index (χ3v) is 2.75. The number of hydrogen-bond acceptors (Lipinski definition) is 6. The Morgan fingerprint density at radius 3 is 3.06 bits per heavy atom. The van der Waals surface area contributed by atoms with E-state index in [1.165, 1.54) is 0 Å². The van der Waals surface area contributed by atoms with Gasteiger partial charge in [-0.25, -0.2) is 10.8 Å². The fraction of sp³-hybridized carbons (Fsp3) is 0.200. The molecule has 7 heteroatoms. The number of rotatable bonds is 4. The minimum absolute atomic E-state index is 0.370. The van der Waals surface area contributed by atoms with Crippen molar-refractivity contribution in [2.75, 3.05) is 17.4 Å². The Bertz CT molecular complexity index is 487. The highest BCUT2D eigenvalue weighted by Gasteiger charge is 2.11. The number of nitrogens with zero attached hydrogens (tertiary/aromatic N) is 3. The number of hydrazine groups is 1. The van der Waals surface area contributed by atoms with Crippen molar-refractivity contribution in [1.29, 1.82) is 0 Å². The van der Waals surface area contributed by atoms with Crippen molar-refractivity contribution in [3.63, 3.8) is 0 Å². The monoisotopic (exact) mass is 297 g/mol. The quantitative estimate of drug-likeness (QED) is 0.661. The van der Waals surface area contributed by atoms with E-state index in [0.29, 0.717) is 12.5 Å². The molecule has 0 aliphatic carbocycles. The maximum Gasteiger partial charge on any atom is 0.239 e. The van der Waals surface area contributed by atoms with Crippen LogP contribution >= 0.6 is 15.9 Å². The summed E-state index contributed by atoms with van der Waals surface area (Å²) in [5.74, 6) is 7.25. The van der Waals surface area contributed by atoms with E-state index in [-0.39, 0.29) is 0 Å². The highest BCUT2D eigenvalue weighted by Crippen LogP contribution is 2.24. The Kier molecular flexibility index (Phi) is 3.60. The van der Waals surface area contributed by atoms with Gasteiger partial charge in [0, 0.05) is 13.2 Å². The first-order chi connectivity index (χ1) is 8.20. The first kappa shape index (κ1) is 11.9. The molecule has 2 rings (SSSR count). The van der Waals surface area contributed by atoms with Crippen LogP contribution in [0.2, 0.25) is 0 Å². The molecule has 0 aliphatic rings. The summed E-state index contributed by atoms with van der Waals surface area (Å²) in [5.41, 5.74) is 2.42. The van der Waals surface area contributed by atoms with Gasteiger partial charge in [-0.3, -0.25) is 5.43 Å². The van der Waals surface area contributed by atoms with E-state index >= 15 is 0 Å². The average molecular weight is 298 g/mol. The summed E-state index contributed by atoms with van der Waals surface area (Å²) in [6, 6.07) is 3.76. The number of halogens is 1. The molecule has 17 heavy (non-hydrogen) atoms. The van der Waals surface area contributed by atoms with Gasteiger partial charge in [-0.2, -0.15) is 4.98 Å². The molecular formula is C10H12BrN5O. The molecule has 0 radical (unpaired) electrons. The average Bonchev–Trinajstić information content (AvgIpc) is 2.82. The molecule has 6 nitrogen and oxygen atoms in total. The van der Waals surface area contributed by atoms with Gasteiger partial charge in [-0.05, 0) is 28.1 Å². The number of nitrogens with two attached hydrogens (primary N) is 1. The largest absolute Gasteiger partial charge is 0.467 e. The van der Waals surface area contributed by atoms with E-state index in [4.69, 9.17) is 10.3 Å². The maximum absolute atomic E-state index is 5.28. The van der Waals surface area contributed by atoms with Crippen LogP contribution in [-0.4, -0.2) is 17.0 Å². The van der Waals surface area contributed by atoms with Gasteiger partial charge in [0.1, 0.15) is 11.6 Å². The van der Waals surface area contributed by atoms with Crippen molar-refractivity contribution in [3.05, 3.63) is 34.8 Å². The maximum atomic E-state index is 5.28. The van der Waals surface area contributed by atoms with Crippen LogP contribution in [0, 0.1) is 0 Å². The highest BCUT2D eigenvalue weighted by molar-refractivity contribution is 9.10. The fourth-order valence-electron chi connectivity index (χ4n) is 1.41. The Labute approximate surface area is 107 Å². The molecule has 2 aromatic rings. The molecule has 0 saturated carbocycles. The van der Waals surface area contributed by atoms with Gasteiger partial charge < -0.3 is 9.32 Å². The topological polar surface area (TPSA) is 80.2 Å². The molecule has 2 aromatic heterocycles. The Morgan fingerprint density at radius 1 is 1.59 bits per heavy atom. The van der Waals surface area contributed by atoms with Crippen molar-refractivity contribution in [1.82, 2.24) is 9.97 Å². The van der Waals surface area contributed by atoms with E-state index in [1.54, 1.807) is 12.5 Å². The van der Waals surface area contributed by atoms with Crippen LogP contribution in [0.5, 0.6) is 0 Å². The summed E-state index contributed by atoms with van der Waals surface area (Å²) >= 11 is 3.40. The smallest absolute Gasteiger partial charge is 0.239 e. The first-order valence-electron chi connectivity index (χ1n) is 4.93. The second kappa shape index (κ2) is 5.15. The van der Waals surface area contributed by atoms with E-state index in [9.17, 15) is 0 Å². The second-order valence-corrected chi connectivity index (χ2v) is 4.30. The predicted molar refractivity (Wildman–Crippen MR) is 68.4 cm³/mol. The van der Waals surface area contributed by atoms with E-state index in [1.807, 2.05) is 24.1 Å². The number of aromatic nitrogens is 2. The Balaban J connectivity index is 2.20. The molecule has 0 unspecified atom stereocenters. The number of nitrogens with one attached hydrogen (secondary N) is 1. The van der Waals surface area contributed by atoms with Crippen LogP contribution in [0.1, 0.15) is 5.76 Å². The van der Waals surface area contributed by atoms with Crippen LogP contribution in [0.4, 0.5) is 11.8 Å². The summed E-state index contributed by atoms with van der Waals surface area (Å²) in [6.45, 7) is 0.618. The standard InChI is InChI=1S/C10H12BrN5O/c1-16(6-7-3-2-4-17-7)9-8(11)5-13-10(14-9)15-12/h2-5H,6,12H2,1H3,(H,13,14,15). The van der Waals surface area contributed by atoms with Gasteiger partial charge in [-0.15, -0.1) is 0 Å². The van der Waals surface area contributed by atoms with E-state index in [0.717, 1.165) is 16.1 Å². The zero-order chi connectivity index (χ0) is 12.3. The van der Waals surface area contributed by atoms with Crippen molar-refractivity contribution in [3.8, 4) is 0 Å². The van der Waals surface area contributed by atoms with E-state index < -0.39 is 0 Å². The molecule has 3 N–H and O–H groups in total. The summed E-state index contributed by atoms with van der Waals surface area (Å²) in [7, 11) is 1.91. The molecule has 0 atom stereocenters. The van der Waals surface area contributed by atoms with Crippen molar-refractivity contribution >= 4 is 27.7 Å². The van der Waals surface area contributed by atoms with Gasteiger partial charge >= 0.3 is 0 Å². The third-order valence-electron chi connectivity index (χ3n) is 2.19. The minimum atomic E-state index is 0.370. The number of nitrogen functional groups attached to an aromatic ring is 1. The van der Waals surface area contributed by atoms with Gasteiger partial charge in [0.05, 0.1) is 17.3 Å². The van der Waals surface area contributed by atoms with Crippen molar-refractivity contribution in [2.45, 2.75) is 6.54 Å². The molecule has 0 bridgehead atoms.